The van der Waals surface area contributed by atoms with Crippen molar-refractivity contribution < 1.29 is 0 Å². The van der Waals surface area contributed by atoms with Gasteiger partial charge in [-0.25, -0.2) is 0 Å². The Bertz CT molecular complexity index is 733. The van der Waals surface area contributed by atoms with Gasteiger partial charge in [-0.1, -0.05) is 0 Å². The van der Waals surface area contributed by atoms with Crippen molar-refractivity contribution in [2.45, 2.75) is 12.8 Å². The van der Waals surface area contributed by atoms with E-state index in [0.29, 0.717) is 0 Å². The van der Waals surface area contributed by atoms with Gasteiger partial charge in [0.15, 0.2) is 0 Å². The Morgan fingerprint density at radius 3 is 2.38 bits per heavy atom. The molecule has 0 saturated carbocycles. The maximum absolute atomic E-state index is 8.80. The minimum atomic E-state index is 0.146. The predicted octanol–water partition coefficient (Wildman–Crippen LogP) is 4.51. The van der Waals surface area contributed by atoms with Crippen LogP contribution >= 0.6 is 22.7 Å². The van der Waals surface area contributed by atoms with Gasteiger partial charge >= 0.3 is 0 Å². The zero-order valence-corrected chi connectivity index (χ0v) is 13.0. The Hall–Kier alpha value is -2.08. The van der Waals surface area contributed by atoms with E-state index in [2.05, 4.69) is 23.1 Å². The van der Waals surface area contributed by atoms with Gasteiger partial charge in [0, 0.05) is 27.7 Å². The Morgan fingerprint density at radius 2 is 1.67 bits per heavy atom. The third kappa shape index (κ3) is 3.00. The summed E-state index contributed by atoms with van der Waals surface area (Å²) in [5.74, 6) is 0. The Balaban J connectivity index is 1.82. The van der Waals surface area contributed by atoms with Crippen LogP contribution < -0.4 is 4.90 Å². The highest BCUT2D eigenvalue weighted by molar-refractivity contribution is 7.24. The fourth-order valence-electron chi connectivity index (χ4n) is 2.36. The molecule has 1 fully saturated rings. The summed E-state index contributed by atoms with van der Waals surface area (Å²) in [4.78, 5) is 5.81. The second kappa shape index (κ2) is 6.13. The standard InChI is InChI=1S/C16H13N3S2/c17-10-12(11-18)9-13-3-4-14(20-13)15-5-6-16(21-15)19-7-1-2-8-19/h3-6,9H,1-2,7-8H2. The zero-order valence-electron chi connectivity index (χ0n) is 11.4. The molecule has 1 aliphatic rings. The highest BCUT2D eigenvalue weighted by Gasteiger charge is 2.15. The lowest BCUT2D eigenvalue weighted by Gasteiger charge is -2.13. The van der Waals surface area contributed by atoms with Gasteiger partial charge in [0.2, 0.25) is 0 Å². The van der Waals surface area contributed by atoms with Gasteiger partial charge < -0.3 is 4.90 Å². The molecule has 2 aromatic rings. The first-order valence-corrected chi connectivity index (χ1v) is 8.40. The molecule has 3 heterocycles. The van der Waals surface area contributed by atoms with Crippen LogP contribution in [0.3, 0.4) is 0 Å². The minimum Gasteiger partial charge on any atom is -0.363 e. The molecule has 0 N–H and O–H groups in total. The summed E-state index contributed by atoms with van der Waals surface area (Å²) < 4.78 is 0. The SMILES string of the molecule is N#CC(C#N)=Cc1ccc(-c2ccc(N3CCCC3)s2)s1. The molecular formula is C16H13N3S2. The number of anilines is 1. The van der Waals surface area contributed by atoms with Crippen LogP contribution in [0.4, 0.5) is 5.00 Å². The van der Waals surface area contributed by atoms with Gasteiger partial charge in [-0.05, 0) is 43.2 Å². The van der Waals surface area contributed by atoms with Crippen molar-refractivity contribution in [3.63, 3.8) is 0 Å². The van der Waals surface area contributed by atoms with Crippen LogP contribution in [-0.4, -0.2) is 13.1 Å². The second-order valence-corrected chi connectivity index (χ2v) is 6.99. The number of thiophene rings is 2. The van der Waals surface area contributed by atoms with Crippen molar-refractivity contribution in [1.29, 1.82) is 10.5 Å². The van der Waals surface area contributed by atoms with E-state index in [1.54, 1.807) is 17.4 Å². The molecule has 1 aliphatic heterocycles. The van der Waals surface area contributed by atoms with Crippen LogP contribution in [0, 0.1) is 22.7 Å². The van der Waals surface area contributed by atoms with Crippen LogP contribution in [-0.2, 0) is 0 Å². The molecule has 1 saturated heterocycles. The van der Waals surface area contributed by atoms with Gasteiger partial charge in [0.05, 0.1) is 5.00 Å². The number of allylic oxidation sites excluding steroid dienone is 1. The molecule has 3 rings (SSSR count). The van der Waals surface area contributed by atoms with Crippen molar-refractivity contribution >= 4 is 33.8 Å². The second-order valence-electron chi connectivity index (χ2n) is 4.82. The van der Waals surface area contributed by atoms with Gasteiger partial charge in [-0.3, -0.25) is 0 Å². The molecule has 5 heteroatoms. The highest BCUT2D eigenvalue weighted by atomic mass is 32.1. The van der Waals surface area contributed by atoms with E-state index in [1.165, 1.54) is 27.6 Å². The van der Waals surface area contributed by atoms with E-state index < -0.39 is 0 Å². The number of rotatable bonds is 3. The predicted molar refractivity (Wildman–Crippen MR) is 88.3 cm³/mol. The molecule has 0 unspecified atom stereocenters. The van der Waals surface area contributed by atoms with E-state index in [-0.39, 0.29) is 5.57 Å². The summed E-state index contributed by atoms with van der Waals surface area (Å²) in [7, 11) is 0. The lowest BCUT2D eigenvalue weighted by atomic mass is 10.3. The van der Waals surface area contributed by atoms with E-state index in [1.807, 2.05) is 29.5 Å². The zero-order chi connectivity index (χ0) is 14.7. The lowest BCUT2D eigenvalue weighted by molar-refractivity contribution is 0.949. The average Bonchev–Trinajstić information content (AvgIpc) is 3.23. The first kappa shape index (κ1) is 13.9. The van der Waals surface area contributed by atoms with Crippen molar-refractivity contribution in [3.8, 4) is 21.9 Å². The fraction of sp³-hybridized carbons (Fsp3) is 0.250. The third-order valence-electron chi connectivity index (χ3n) is 3.41. The van der Waals surface area contributed by atoms with Gasteiger partial charge in [0.25, 0.3) is 0 Å². The molecule has 104 valence electrons. The summed E-state index contributed by atoms with van der Waals surface area (Å²) in [5.41, 5.74) is 0.146. The summed E-state index contributed by atoms with van der Waals surface area (Å²) in [5, 5.41) is 18.9. The Labute approximate surface area is 132 Å². The molecule has 0 aromatic carbocycles. The van der Waals surface area contributed by atoms with Crippen LogP contribution in [0.2, 0.25) is 0 Å². The van der Waals surface area contributed by atoms with Crippen LogP contribution in [0.25, 0.3) is 15.8 Å². The molecule has 0 aliphatic carbocycles. The van der Waals surface area contributed by atoms with Crippen LogP contribution in [0.1, 0.15) is 17.7 Å². The van der Waals surface area contributed by atoms with Crippen molar-refractivity contribution in [3.05, 3.63) is 34.7 Å². The average molecular weight is 311 g/mol. The van der Waals surface area contributed by atoms with Gasteiger partial charge in [-0.15, -0.1) is 22.7 Å². The summed E-state index contributed by atoms with van der Waals surface area (Å²) in [6, 6.07) is 12.2. The van der Waals surface area contributed by atoms with E-state index >= 15 is 0 Å². The van der Waals surface area contributed by atoms with E-state index in [4.69, 9.17) is 10.5 Å². The largest absolute Gasteiger partial charge is 0.363 e. The Morgan fingerprint density at radius 1 is 1.00 bits per heavy atom. The molecule has 21 heavy (non-hydrogen) atoms. The number of hydrogen-bond donors (Lipinski definition) is 0. The molecule has 0 spiro atoms. The molecule has 0 radical (unpaired) electrons. The van der Waals surface area contributed by atoms with Gasteiger partial charge in [-0.2, -0.15) is 10.5 Å². The molecular weight excluding hydrogens is 298 g/mol. The number of nitrogens with zero attached hydrogens (tertiary/aromatic N) is 3. The first-order chi connectivity index (χ1) is 10.3. The summed E-state index contributed by atoms with van der Waals surface area (Å²) in [6.07, 6.45) is 4.21. The maximum atomic E-state index is 8.80. The van der Waals surface area contributed by atoms with Crippen molar-refractivity contribution in [2.75, 3.05) is 18.0 Å². The number of hydrogen-bond acceptors (Lipinski definition) is 5. The molecule has 0 amide bonds. The van der Waals surface area contributed by atoms with Crippen molar-refractivity contribution in [2.24, 2.45) is 0 Å². The Kier molecular flexibility index (Phi) is 4.06. The van der Waals surface area contributed by atoms with Crippen LogP contribution in [0.5, 0.6) is 0 Å². The third-order valence-corrected chi connectivity index (χ3v) is 5.78. The maximum Gasteiger partial charge on any atom is 0.131 e. The van der Waals surface area contributed by atoms with E-state index in [9.17, 15) is 0 Å². The first-order valence-electron chi connectivity index (χ1n) is 6.77. The summed E-state index contributed by atoms with van der Waals surface area (Å²) in [6.45, 7) is 2.32. The quantitative estimate of drug-likeness (QED) is 0.784. The summed E-state index contributed by atoms with van der Waals surface area (Å²) >= 11 is 3.43. The monoisotopic (exact) mass is 311 g/mol. The smallest absolute Gasteiger partial charge is 0.131 e. The molecule has 0 atom stereocenters. The lowest BCUT2D eigenvalue weighted by Crippen LogP contribution is -2.15. The topological polar surface area (TPSA) is 50.8 Å². The van der Waals surface area contributed by atoms with Crippen molar-refractivity contribution in [1.82, 2.24) is 0 Å². The minimum absolute atomic E-state index is 0.146. The number of nitriles is 2. The van der Waals surface area contributed by atoms with Gasteiger partial charge in [0.1, 0.15) is 17.7 Å². The van der Waals surface area contributed by atoms with E-state index in [0.717, 1.165) is 18.0 Å². The molecule has 2 aromatic heterocycles. The normalized spacial score (nSPS) is 13.7. The fourth-order valence-corrected chi connectivity index (χ4v) is 4.46. The molecule has 3 nitrogen and oxygen atoms in total. The van der Waals surface area contributed by atoms with Crippen LogP contribution in [0.15, 0.2) is 29.8 Å². The molecule has 0 bridgehead atoms. The highest BCUT2D eigenvalue weighted by Crippen LogP contribution is 2.38.